The molecule has 1 aromatic rings. The van der Waals surface area contributed by atoms with Crippen molar-refractivity contribution in [3.8, 4) is 0 Å². The van der Waals surface area contributed by atoms with E-state index in [4.69, 9.17) is 11.6 Å². The minimum Gasteiger partial charge on any atom is -0.317 e. The van der Waals surface area contributed by atoms with Crippen molar-refractivity contribution < 1.29 is 0 Å². The lowest BCUT2D eigenvalue weighted by molar-refractivity contribution is 0.531. The lowest BCUT2D eigenvalue weighted by Crippen LogP contribution is -2.30. The minimum atomic E-state index is 0.870. The van der Waals surface area contributed by atoms with Gasteiger partial charge in [0.25, 0.3) is 0 Å². The highest BCUT2D eigenvalue weighted by atomic mass is 35.5. The molecule has 0 spiro atoms. The van der Waals surface area contributed by atoms with Crippen molar-refractivity contribution in [3.05, 3.63) is 21.3 Å². The maximum Gasteiger partial charge on any atom is 0.0931 e. The van der Waals surface area contributed by atoms with Crippen LogP contribution in [0.15, 0.2) is 12.1 Å². The van der Waals surface area contributed by atoms with Gasteiger partial charge in [-0.2, -0.15) is 11.8 Å². The Bertz CT molecular complexity index is 324. The average molecular weight is 291 g/mol. The van der Waals surface area contributed by atoms with E-state index in [2.05, 4.69) is 28.5 Å². The van der Waals surface area contributed by atoms with Crippen molar-refractivity contribution in [2.24, 2.45) is 0 Å². The van der Waals surface area contributed by atoms with Crippen molar-refractivity contribution in [1.82, 2.24) is 10.6 Å². The molecule has 0 bridgehead atoms. The van der Waals surface area contributed by atoms with Crippen LogP contribution in [-0.4, -0.2) is 30.6 Å². The molecule has 0 aromatic carbocycles. The van der Waals surface area contributed by atoms with Crippen LogP contribution in [0.2, 0.25) is 4.34 Å². The summed E-state index contributed by atoms with van der Waals surface area (Å²) in [4.78, 5) is 1.32. The Balaban J connectivity index is 1.51. The van der Waals surface area contributed by atoms with Crippen LogP contribution in [0.4, 0.5) is 0 Å². The number of hydrogen-bond donors (Lipinski definition) is 2. The molecule has 0 saturated carbocycles. The van der Waals surface area contributed by atoms with E-state index in [0.717, 1.165) is 22.7 Å². The lowest BCUT2D eigenvalue weighted by atomic mass is 10.2. The monoisotopic (exact) mass is 290 g/mol. The van der Waals surface area contributed by atoms with Crippen LogP contribution in [0.1, 0.15) is 17.7 Å². The van der Waals surface area contributed by atoms with Crippen molar-refractivity contribution >= 4 is 34.7 Å². The predicted octanol–water partition coefficient (Wildman–Crippen LogP) is 2.98. The molecule has 0 aliphatic carbocycles. The molecule has 1 aliphatic heterocycles. The van der Waals surface area contributed by atoms with Crippen LogP contribution < -0.4 is 10.6 Å². The molecule has 5 heteroatoms. The zero-order chi connectivity index (χ0) is 11.9. The van der Waals surface area contributed by atoms with E-state index in [1.54, 1.807) is 11.3 Å². The van der Waals surface area contributed by atoms with Crippen molar-refractivity contribution in [2.45, 2.75) is 24.6 Å². The van der Waals surface area contributed by atoms with Gasteiger partial charge in [0.1, 0.15) is 0 Å². The van der Waals surface area contributed by atoms with Gasteiger partial charge in [-0.15, -0.1) is 11.3 Å². The molecule has 0 radical (unpaired) electrons. The SMILES string of the molecule is Clc1ccc(CNCCSC2CCNCC2)s1. The van der Waals surface area contributed by atoms with Crippen molar-refractivity contribution in [3.63, 3.8) is 0 Å². The number of hydrogen-bond acceptors (Lipinski definition) is 4. The summed E-state index contributed by atoms with van der Waals surface area (Å²) < 4.78 is 0.880. The first-order valence-electron chi connectivity index (χ1n) is 6.12. The largest absolute Gasteiger partial charge is 0.317 e. The van der Waals surface area contributed by atoms with Crippen LogP contribution in [0, 0.1) is 0 Å². The summed E-state index contributed by atoms with van der Waals surface area (Å²) in [5.41, 5.74) is 0. The number of piperidine rings is 1. The number of nitrogens with one attached hydrogen (secondary N) is 2. The van der Waals surface area contributed by atoms with Gasteiger partial charge in [0.2, 0.25) is 0 Å². The molecule has 1 saturated heterocycles. The molecule has 96 valence electrons. The summed E-state index contributed by atoms with van der Waals surface area (Å²) in [6, 6.07) is 4.06. The van der Waals surface area contributed by atoms with E-state index in [-0.39, 0.29) is 0 Å². The van der Waals surface area contributed by atoms with Gasteiger partial charge in [-0.25, -0.2) is 0 Å². The molecule has 2 nitrogen and oxygen atoms in total. The van der Waals surface area contributed by atoms with Gasteiger partial charge < -0.3 is 10.6 Å². The Hall–Kier alpha value is 0.260. The molecule has 2 rings (SSSR count). The van der Waals surface area contributed by atoms with E-state index in [9.17, 15) is 0 Å². The second-order valence-electron chi connectivity index (χ2n) is 4.20. The Morgan fingerprint density at radius 3 is 2.94 bits per heavy atom. The van der Waals surface area contributed by atoms with Gasteiger partial charge in [-0.05, 0) is 38.1 Å². The van der Waals surface area contributed by atoms with E-state index < -0.39 is 0 Å². The first kappa shape index (κ1) is 13.7. The minimum absolute atomic E-state index is 0.870. The van der Waals surface area contributed by atoms with Crippen molar-refractivity contribution in [1.29, 1.82) is 0 Å². The van der Waals surface area contributed by atoms with Crippen LogP contribution in [0.5, 0.6) is 0 Å². The van der Waals surface area contributed by atoms with E-state index >= 15 is 0 Å². The summed E-state index contributed by atoms with van der Waals surface area (Å²) in [6.45, 7) is 4.42. The second-order valence-corrected chi connectivity index (χ2v) is 7.41. The first-order valence-corrected chi connectivity index (χ1v) is 8.36. The van der Waals surface area contributed by atoms with Crippen LogP contribution in [-0.2, 0) is 6.54 Å². The highest BCUT2D eigenvalue weighted by Crippen LogP contribution is 2.21. The molecule has 2 heterocycles. The standard InChI is InChI=1S/C12H19ClN2S2/c13-12-2-1-11(17-12)9-15-7-8-16-10-3-5-14-6-4-10/h1-2,10,14-15H,3-9H2. The summed E-state index contributed by atoms with van der Waals surface area (Å²) in [5, 5.41) is 7.74. The Morgan fingerprint density at radius 2 is 2.24 bits per heavy atom. The summed E-state index contributed by atoms with van der Waals surface area (Å²) in [7, 11) is 0. The Labute approximate surface area is 117 Å². The first-order chi connectivity index (χ1) is 8.34. The Kier molecular flexibility index (Phi) is 6.15. The van der Waals surface area contributed by atoms with Crippen LogP contribution in [0.3, 0.4) is 0 Å². The fourth-order valence-electron chi connectivity index (χ4n) is 1.92. The third kappa shape index (κ3) is 5.18. The zero-order valence-electron chi connectivity index (χ0n) is 9.88. The van der Waals surface area contributed by atoms with Crippen molar-refractivity contribution in [2.75, 3.05) is 25.4 Å². The average Bonchev–Trinajstić information content (AvgIpc) is 2.76. The third-order valence-electron chi connectivity index (χ3n) is 2.85. The molecule has 0 amide bonds. The summed E-state index contributed by atoms with van der Waals surface area (Å²) in [5.74, 6) is 1.21. The maximum absolute atomic E-state index is 5.88. The predicted molar refractivity (Wildman–Crippen MR) is 79.4 cm³/mol. The van der Waals surface area contributed by atoms with Gasteiger partial charge in [-0.1, -0.05) is 11.6 Å². The molecular formula is C12H19ClN2S2. The summed E-state index contributed by atoms with van der Waals surface area (Å²) >= 11 is 9.66. The number of thiophene rings is 1. The fraction of sp³-hybridized carbons (Fsp3) is 0.667. The molecule has 2 N–H and O–H groups in total. The van der Waals surface area contributed by atoms with E-state index in [1.165, 1.54) is 36.6 Å². The molecule has 1 aromatic heterocycles. The van der Waals surface area contributed by atoms with Crippen LogP contribution in [0.25, 0.3) is 0 Å². The topological polar surface area (TPSA) is 24.1 Å². The lowest BCUT2D eigenvalue weighted by Gasteiger charge is -2.21. The van der Waals surface area contributed by atoms with Crippen LogP contribution >= 0.6 is 34.7 Å². The Morgan fingerprint density at radius 1 is 1.41 bits per heavy atom. The van der Waals surface area contributed by atoms with Gasteiger partial charge in [0.15, 0.2) is 0 Å². The molecule has 17 heavy (non-hydrogen) atoms. The van der Waals surface area contributed by atoms with Gasteiger partial charge >= 0.3 is 0 Å². The molecule has 1 fully saturated rings. The number of rotatable bonds is 6. The maximum atomic E-state index is 5.88. The summed E-state index contributed by atoms with van der Waals surface area (Å²) in [6.07, 6.45) is 2.65. The highest BCUT2D eigenvalue weighted by molar-refractivity contribution is 7.99. The third-order valence-corrected chi connectivity index (χ3v) is 5.46. The van der Waals surface area contributed by atoms with E-state index in [0.29, 0.717) is 0 Å². The van der Waals surface area contributed by atoms with Gasteiger partial charge in [-0.3, -0.25) is 0 Å². The number of thioether (sulfide) groups is 1. The zero-order valence-corrected chi connectivity index (χ0v) is 12.3. The molecular weight excluding hydrogens is 272 g/mol. The quantitative estimate of drug-likeness (QED) is 0.788. The van der Waals surface area contributed by atoms with E-state index in [1.807, 2.05) is 6.07 Å². The number of halogens is 1. The smallest absolute Gasteiger partial charge is 0.0931 e. The molecule has 0 atom stereocenters. The molecule has 0 unspecified atom stereocenters. The second kappa shape index (κ2) is 7.64. The highest BCUT2D eigenvalue weighted by Gasteiger charge is 2.12. The normalized spacial score (nSPS) is 17.5. The molecule has 1 aliphatic rings. The van der Waals surface area contributed by atoms with Gasteiger partial charge in [0, 0.05) is 29.0 Å². The fourth-order valence-corrected chi connectivity index (χ4v) is 4.14. The van der Waals surface area contributed by atoms with Gasteiger partial charge in [0.05, 0.1) is 4.34 Å².